The Morgan fingerprint density at radius 3 is 2.94 bits per heavy atom. The number of hydrogen-bond donors (Lipinski definition) is 2. The van der Waals surface area contributed by atoms with Crippen LogP contribution in [0.2, 0.25) is 0 Å². The number of fused-ring (bicyclic) bond motifs is 1. The summed E-state index contributed by atoms with van der Waals surface area (Å²) in [6.45, 7) is 0.464. The van der Waals surface area contributed by atoms with Crippen LogP contribution in [0.3, 0.4) is 0 Å². The van der Waals surface area contributed by atoms with Gasteiger partial charge in [-0.3, -0.25) is 4.57 Å². The Hall–Kier alpha value is -1.79. The molecule has 0 saturated carbocycles. The third-order valence-electron chi connectivity index (χ3n) is 2.96. The van der Waals surface area contributed by atoms with Crippen molar-refractivity contribution in [2.75, 3.05) is 25.1 Å². The molecule has 2 aromatic rings. The maximum absolute atomic E-state index is 11.4. The van der Waals surface area contributed by atoms with E-state index < -0.39 is 0 Å². The molecule has 0 fully saturated rings. The highest BCUT2D eigenvalue weighted by Gasteiger charge is 2.10. The fourth-order valence-electron chi connectivity index (χ4n) is 1.87. The van der Waals surface area contributed by atoms with Crippen molar-refractivity contribution in [3.05, 3.63) is 28.7 Å². The molecule has 6 heteroatoms. The van der Waals surface area contributed by atoms with Crippen LogP contribution < -0.4 is 16.4 Å². The smallest absolute Gasteiger partial charge is 0.408 e. The van der Waals surface area contributed by atoms with E-state index in [-0.39, 0.29) is 18.4 Å². The van der Waals surface area contributed by atoms with Gasteiger partial charge in [-0.15, -0.1) is 0 Å². The van der Waals surface area contributed by atoms with E-state index in [1.165, 1.54) is 4.57 Å². The second-order valence-corrected chi connectivity index (χ2v) is 4.40. The number of oxazole rings is 1. The van der Waals surface area contributed by atoms with E-state index in [9.17, 15) is 4.79 Å². The molecule has 0 saturated heterocycles. The van der Waals surface area contributed by atoms with Gasteiger partial charge in [0.2, 0.25) is 0 Å². The molecule has 0 radical (unpaired) electrons. The number of aliphatic hydroxyl groups excluding tert-OH is 1. The maximum Gasteiger partial charge on any atom is 0.419 e. The molecule has 1 aromatic heterocycles. The second kappa shape index (κ2) is 4.83. The molecule has 2 rings (SSSR count). The number of likely N-dealkylation sites (N-methyl/N-ethyl adjacent to an activating group) is 1. The molecule has 0 aliphatic heterocycles. The largest absolute Gasteiger partial charge is 0.419 e. The van der Waals surface area contributed by atoms with Crippen molar-refractivity contribution in [1.82, 2.24) is 4.57 Å². The molecule has 6 nitrogen and oxygen atoms in total. The van der Waals surface area contributed by atoms with Gasteiger partial charge in [0.05, 0.1) is 12.1 Å². The number of aryl methyl sites for hydroxylation is 1. The molecule has 1 atom stereocenters. The number of aromatic nitrogens is 1. The van der Waals surface area contributed by atoms with Gasteiger partial charge < -0.3 is 20.2 Å². The van der Waals surface area contributed by atoms with Crippen molar-refractivity contribution < 1.29 is 9.52 Å². The highest BCUT2D eigenvalue weighted by molar-refractivity contribution is 5.77. The average molecular weight is 251 g/mol. The Labute approximate surface area is 104 Å². The number of anilines is 1. The number of aliphatic hydroxyl groups is 1. The fourth-order valence-corrected chi connectivity index (χ4v) is 1.87. The number of rotatable bonds is 4. The first-order chi connectivity index (χ1) is 8.52. The van der Waals surface area contributed by atoms with Crippen molar-refractivity contribution in [1.29, 1.82) is 0 Å². The molecular formula is C12H17N3O3. The molecule has 98 valence electrons. The molecule has 0 aliphatic rings. The van der Waals surface area contributed by atoms with Crippen LogP contribution in [-0.2, 0) is 7.05 Å². The van der Waals surface area contributed by atoms with Gasteiger partial charge in [0.1, 0.15) is 0 Å². The summed E-state index contributed by atoms with van der Waals surface area (Å²) < 4.78 is 6.58. The van der Waals surface area contributed by atoms with Gasteiger partial charge in [0, 0.05) is 38.4 Å². The predicted molar refractivity (Wildman–Crippen MR) is 69.8 cm³/mol. The van der Waals surface area contributed by atoms with Crippen LogP contribution in [0.15, 0.2) is 27.4 Å². The van der Waals surface area contributed by atoms with Crippen LogP contribution in [0.5, 0.6) is 0 Å². The average Bonchev–Trinajstić information content (AvgIpc) is 2.64. The minimum atomic E-state index is -0.378. The van der Waals surface area contributed by atoms with E-state index in [0.717, 1.165) is 11.2 Å². The van der Waals surface area contributed by atoms with Gasteiger partial charge in [-0.25, -0.2) is 4.79 Å². The summed E-state index contributed by atoms with van der Waals surface area (Å²) in [6, 6.07) is 5.21. The van der Waals surface area contributed by atoms with Crippen LogP contribution in [-0.4, -0.2) is 35.9 Å². The van der Waals surface area contributed by atoms with E-state index in [1.54, 1.807) is 13.1 Å². The molecule has 0 spiro atoms. The Morgan fingerprint density at radius 2 is 2.28 bits per heavy atom. The monoisotopic (exact) mass is 251 g/mol. The van der Waals surface area contributed by atoms with Crippen LogP contribution in [0.1, 0.15) is 0 Å². The number of nitrogens with two attached hydrogens (primary N) is 1. The quantitative estimate of drug-likeness (QED) is 0.792. The van der Waals surface area contributed by atoms with Crippen molar-refractivity contribution in [3.8, 4) is 0 Å². The highest BCUT2D eigenvalue weighted by Crippen LogP contribution is 2.20. The topological polar surface area (TPSA) is 84.6 Å². The van der Waals surface area contributed by atoms with Crippen molar-refractivity contribution in [3.63, 3.8) is 0 Å². The van der Waals surface area contributed by atoms with Gasteiger partial charge in [-0.2, -0.15) is 0 Å². The molecule has 0 bridgehead atoms. The zero-order valence-corrected chi connectivity index (χ0v) is 10.5. The summed E-state index contributed by atoms with van der Waals surface area (Å²) in [5, 5.41) is 8.93. The zero-order valence-electron chi connectivity index (χ0n) is 10.5. The maximum atomic E-state index is 11.4. The summed E-state index contributed by atoms with van der Waals surface area (Å²) in [6.07, 6.45) is 0. The lowest BCUT2D eigenvalue weighted by molar-refractivity contribution is 0.267. The summed E-state index contributed by atoms with van der Waals surface area (Å²) in [4.78, 5) is 13.3. The Morgan fingerprint density at radius 1 is 1.56 bits per heavy atom. The normalized spacial score (nSPS) is 12.9. The predicted octanol–water partition coefficient (Wildman–Crippen LogP) is -0.113. The third-order valence-corrected chi connectivity index (χ3v) is 2.96. The summed E-state index contributed by atoms with van der Waals surface area (Å²) >= 11 is 0. The summed E-state index contributed by atoms with van der Waals surface area (Å²) in [5.41, 5.74) is 7.87. The second-order valence-electron chi connectivity index (χ2n) is 4.40. The van der Waals surface area contributed by atoms with Crippen molar-refractivity contribution in [2.45, 2.75) is 6.04 Å². The van der Waals surface area contributed by atoms with Gasteiger partial charge in [-0.05, 0) is 12.1 Å². The first kappa shape index (κ1) is 12.7. The lowest BCUT2D eigenvalue weighted by Gasteiger charge is -2.22. The molecular weight excluding hydrogens is 234 g/mol. The molecule has 1 unspecified atom stereocenters. The van der Waals surface area contributed by atoms with E-state index in [2.05, 4.69) is 0 Å². The van der Waals surface area contributed by atoms with E-state index in [0.29, 0.717) is 12.1 Å². The van der Waals surface area contributed by atoms with Gasteiger partial charge in [0.25, 0.3) is 0 Å². The number of hydrogen-bond acceptors (Lipinski definition) is 5. The number of benzene rings is 1. The van der Waals surface area contributed by atoms with Crippen LogP contribution in [0, 0.1) is 0 Å². The molecule has 1 aromatic carbocycles. The van der Waals surface area contributed by atoms with Crippen LogP contribution in [0.25, 0.3) is 11.1 Å². The molecule has 3 N–H and O–H groups in total. The third kappa shape index (κ3) is 2.25. The van der Waals surface area contributed by atoms with E-state index in [4.69, 9.17) is 15.3 Å². The first-order valence-electron chi connectivity index (χ1n) is 5.70. The zero-order chi connectivity index (χ0) is 13.3. The van der Waals surface area contributed by atoms with E-state index >= 15 is 0 Å². The minimum Gasteiger partial charge on any atom is -0.408 e. The lowest BCUT2D eigenvalue weighted by Crippen LogP contribution is -2.37. The highest BCUT2D eigenvalue weighted by atomic mass is 16.4. The standard InChI is InChI=1S/C12H17N3O3/c1-14(6-8(13)7-16)9-3-4-10-11(5-9)18-12(17)15(10)2/h3-5,8,16H,6-7,13H2,1-2H3. The SMILES string of the molecule is CN(CC(N)CO)c1ccc2c(c1)oc(=O)n2C. The summed E-state index contributed by atoms with van der Waals surface area (Å²) in [5.74, 6) is -0.378. The molecule has 1 heterocycles. The first-order valence-corrected chi connectivity index (χ1v) is 5.70. The van der Waals surface area contributed by atoms with Gasteiger partial charge in [-0.1, -0.05) is 0 Å². The Balaban J connectivity index is 2.32. The molecule has 0 amide bonds. The van der Waals surface area contributed by atoms with Gasteiger partial charge >= 0.3 is 5.76 Å². The summed E-state index contributed by atoms with van der Waals surface area (Å²) in [7, 11) is 3.54. The van der Waals surface area contributed by atoms with E-state index in [1.807, 2.05) is 24.1 Å². The lowest BCUT2D eigenvalue weighted by atomic mass is 10.2. The van der Waals surface area contributed by atoms with Crippen molar-refractivity contribution in [2.24, 2.45) is 12.8 Å². The van der Waals surface area contributed by atoms with Gasteiger partial charge in [0.15, 0.2) is 5.58 Å². The fraction of sp³-hybridized carbons (Fsp3) is 0.417. The van der Waals surface area contributed by atoms with Crippen molar-refractivity contribution >= 4 is 16.8 Å². The molecule has 18 heavy (non-hydrogen) atoms. The van der Waals surface area contributed by atoms with Crippen LogP contribution >= 0.6 is 0 Å². The molecule has 0 aliphatic carbocycles. The minimum absolute atomic E-state index is 0.0625. The Kier molecular flexibility index (Phi) is 3.40. The van der Waals surface area contributed by atoms with Crippen LogP contribution in [0.4, 0.5) is 5.69 Å². The Bertz CT molecular complexity index is 602. The number of nitrogens with zero attached hydrogens (tertiary/aromatic N) is 2.